The smallest absolute Gasteiger partial charge is 0.423 e. The van der Waals surface area contributed by atoms with E-state index in [1.54, 1.807) is 13.8 Å². The summed E-state index contributed by atoms with van der Waals surface area (Å²) >= 11 is 0. The molecule has 0 aliphatic rings. The summed E-state index contributed by atoms with van der Waals surface area (Å²) in [5.74, 6) is -1.79. The molecule has 1 aromatic rings. The lowest BCUT2D eigenvalue weighted by molar-refractivity contribution is 0.0995. The first kappa shape index (κ1) is 13.7. The molecule has 0 aliphatic carbocycles. The van der Waals surface area contributed by atoms with Gasteiger partial charge in [0.25, 0.3) is 5.91 Å². The first-order valence-corrected chi connectivity index (χ1v) is 5.26. The van der Waals surface area contributed by atoms with Crippen LogP contribution in [0.1, 0.15) is 41.3 Å². The number of nitrogens with two attached hydrogens (primary N) is 1. The summed E-state index contributed by atoms with van der Waals surface area (Å²) in [5.41, 5.74) is 5.42. The highest BCUT2D eigenvalue weighted by molar-refractivity contribution is 6.59. The number of carbonyl (C=O) groups excluding carboxylic acids is 1. The maximum Gasteiger partial charge on any atom is 0.488 e. The van der Waals surface area contributed by atoms with Gasteiger partial charge in [-0.3, -0.25) is 4.79 Å². The van der Waals surface area contributed by atoms with E-state index in [1.807, 2.05) is 0 Å². The van der Waals surface area contributed by atoms with Crippen LogP contribution in [0.25, 0.3) is 0 Å². The van der Waals surface area contributed by atoms with Crippen LogP contribution in [0, 0.1) is 12.7 Å². The average molecular weight is 239 g/mol. The molecule has 0 aromatic heterocycles. The molecule has 4 N–H and O–H groups in total. The molecule has 0 radical (unpaired) electrons. The molecular weight excluding hydrogens is 224 g/mol. The average Bonchev–Trinajstić information content (AvgIpc) is 2.19. The third-order valence-electron chi connectivity index (χ3n) is 2.73. The Hall–Kier alpha value is -1.40. The van der Waals surface area contributed by atoms with Gasteiger partial charge in [-0.25, -0.2) is 4.39 Å². The van der Waals surface area contributed by atoms with Crippen molar-refractivity contribution in [3.63, 3.8) is 0 Å². The Kier molecular flexibility index (Phi) is 3.90. The molecular formula is C11H15BFNO3. The number of benzene rings is 1. The lowest BCUT2D eigenvalue weighted by atomic mass is 9.74. The number of halogens is 1. The van der Waals surface area contributed by atoms with E-state index in [2.05, 4.69) is 0 Å². The molecule has 0 spiro atoms. The van der Waals surface area contributed by atoms with Crippen LogP contribution >= 0.6 is 0 Å². The predicted octanol–water partition coefficient (Wildman–Crippen LogP) is 0.0362. The predicted molar refractivity (Wildman–Crippen MR) is 63.6 cm³/mol. The normalized spacial score (nSPS) is 10.8. The minimum atomic E-state index is -1.77. The van der Waals surface area contributed by atoms with Gasteiger partial charge in [0.05, 0.1) is 5.56 Å². The zero-order chi connectivity index (χ0) is 13.3. The molecule has 1 aromatic carbocycles. The monoisotopic (exact) mass is 239 g/mol. The Balaban J connectivity index is 3.62. The van der Waals surface area contributed by atoms with Crippen LogP contribution in [0.3, 0.4) is 0 Å². The summed E-state index contributed by atoms with van der Waals surface area (Å²) in [6.45, 7) is 4.91. The first-order chi connectivity index (χ1) is 7.77. The number of hydrogen-bond acceptors (Lipinski definition) is 3. The molecule has 1 amide bonds. The van der Waals surface area contributed by atoms with Crippen molar-refractivity contribution in [2.24, 2.45) is 5.73 Å². The highest BCUT2D eigenvalue weighted by Crippen LogP contribution is 2.23. The SMILES string of the molecule is Cc1c(B(O)O)cc(C(C)C)c(C(N)=O)c1F. The fourth-order valence-electron chi connectivity index (χ4n) is 1.76. The zero-order valence-electron chi connectivity index (χ0n) is 9.99. The number of primary amides is 1. The van der Waals surface area contributed by atoms with E-state index >= 15 is 0 Å². The summed E-state index contributed by atoms with van der Waals surface area (Å²) < 4.78 is 14.0. The Morgan fingerprint density at radius 3 is 2.35 bits per heavy atom. The van der Waals surface area contributed by atoms with Gasteiger partial charge in [-0.05, 0) is 29.4 Å². The lowest BCUT2D eigenvalue weighted by Crippen LogP contribution is -2.35. The molecule has 92 valence electrons. The quantitative estimate of drug-likeness (QED) is 0.651. The van der Waals surface area contributed by atoms with E-state index in [4.69, 9.17) is 15.8 Å². The zero-order valence-corrected chi connectivity index (χ0v) is 9.99. The summed E-state index contributed by atoms with van der Waals surface area (Å²) in [6, 6.07) is 1.41. The van der Waals surface area contributed by atoms with Gasteiger partial charge in [-0.1, -0.05) is 19.9 Å². The van der Waals surface area contributed by atoms with E-state index in [9.17, 15) is 9.18 Å². The van der Waals surface area contributed by atoms with E-state index < -0.39 is 18.8 Å². The van der Waals surface area contributed by atoms with Crippen LogP contribution < -0.4 is 11.2 Å². The summed E-state index contributed by atoms with van der Waals surface area (Å²) in [4.78, 5) is 11.2. The minimum Gasteiger partial charge on any atom is -0.423 e. The van der Waals surface area contributed by atoms with Gasteiger partial charge in [-0.2, -0.15) is 0 Å². The Labute approximate surface area is 99.4 Å². The van der Waals surface area contributed by atoms with Crippen molar-refractivity contribution >= 4 is 18.5 Å². The topological polar surface area (TPSA) is 83.6 Å². The molecule has 0 saturated heterocycles. The molecule has 4 nitrogen and oxygen atoms in total. The molecule has 17 heavy (non-hydrogen) atoms. The van der Waals surface area contributed by atoms with Crippen LogP contribution in [0.5, 0.6) is 0 Å². The van der Waals surface area contributed by atoms with Gasteiger partial charge in [0.15, 0.2) is 0 Å². The third-order valence-corrected chi connectivity index (χ3v) is 2.73. The Morgan fingerprint density at radius 1 is 1.47 bits per heavy atom. The number of carbonyl (C=O) groups is 1. The summed E-state index contributed by atoms with van der Waals surface area (Å²) in [6.07, 6.45) is 0. The van der Waals surface area contributed by atoms with Crippen molar-refractivity contribution in [1.29, 1.82) is 0 Å². The second-order valence-corrected chi connectivity index (χ2v) is 4.26. The van der Waals surface area contributed by atoms with Crippen LogP contribution in [0.2, 0.25) is 0 Å². The van der Waals surface area contributed by atoms with Crippen molar-refractivity contribution in [3.05, 3.63) is 28.6 Å². The molecule has 0 heterocycles. The Bertz CT molecular complexity index is 461. The standard InChI is InChI=1S/C11H15BFNO3/c1-5(2)7-4-8(12(16)17)6(3)10(13)9(7)11(14)15/h4-5,16-17H,1-3H3,(H2,14,15). The molecule has 0 atom stereocenters. The highest BCUT2D eigenvalue weighted by atomic mass is 19.1. The van der Waals surface area contributed by atoms with Gasteiger partial charge in [0.2, 0.25) is 0 Å². The van der Waals surface area contributed by atoms with Crippen LogP contribution in [0.15, 0.2) is 6.07 Å². The van der Waals surface area contributed by atoms with Crippen molar-refractivity contribution < 1.29 is 19.2 Å². The van der Waals surface area contributed by atoms with Crippen LogP contribution in [0.4, 0.5) is 4.39 Å². The Morgan fingerprint density at radius 2 is 2.00 bits per heavy atom. The fraction of sp³-hybridized carbons (Fsp3) is 0.364. The van der Waals surface area contributed by atoms with Gasteiger partial charge >= 0.3 is 7.12 Å². The third kappa shape index (κ3) is 2.48. The van der Waals surface area contributed by atoms with E-state index in [1.165, 1.54) is 13.0 Å². The number of amides is 1. The van der Waals surface area contributed by atoms with E-state index in [0.717, 1.165) is 0 Å². The highest BCUT2D eigenvalue weighted by Gasteiger charge is 2.25. The summed E-state index contributed by atoms with van der Waals surface area (Å²) in [5, 5.41) is 18.3. The molecule has 0 unspecified atom stereocenters. The van der Waals surface area contributed by atoms with Crippen LogP contribution in [-0.2, 0) is 0 Å². The maximum atomic E-state index is 14.0. The van der Waals surface area contributed by atoms with Crippen molar-refractivity contribution in [2.75, 3.05) is 0 Å². The number of hydrogen-bond donors (Lipinski definition) is 3. The van der Waals surface area contributed by atoms with Gasteiger partial charge in [-0.15, -0.1) is 0 Å². The molecule has 0 aliphatic heterocycles. The van der Waals surface area contributed by atoms with Crippen molar-refractivity contribution in [2.45, 2.75) is 26.7 Å². The van der Waals surface area contributed by atoms with E-state index in [0.29, 0.717) is 5.56 Å². The van der Waals surface area contributed by atoms with Crippen molar-refractivity contribution in [3.8, 4) is 0 Å². The van der Waals surface area contributed by atoms with E-state index in [-0.39, 0.29) is 22.5 Å². The van der Waals surface area contributed by atoms with Gasteiger partial charge in [0, 0.05) is 0 Å². The fourth-order valence-corrected chi connectivity index (χ4v) is 1.76. The van der Waals surface area contributed by atoms with Crippen LogP contribution in [-0.4, -0.2) is 23.1 Å². The summed E-state index contributed by atoms with van der Waals surface area (Å²) in [7, 11) is -1.77. The first-order valence-electron chi connectivity index (χ1n) is 5.26. The molecule has 1 rings (SSSR count). The van der Waals surface area contributed by atoms with Gasteiger partial charge in [0.1, 0.15) is 5.82 Å². The van der Waals surface area contributed by atoms with Gasteiger partial charge < -0.3 is 15.8 Å². The molecule has 0 fully saturated rings. The largest absolute Gasteiger partial charge is 0.488 e. The minimum absolute atomic E-state index is 0.0261. The molecule has 6 heteroatoms. The molecule has 0 bridgehead atoms. The second kappa shape index (κ2) is 4.85. The van der Waals surface area contributed by atoms with Crippen molar-refractivity contribution in [1.82, 2.24) is 0 Å². The lowest BCUT2D eigenvalue weighted by Gasteiger charge is -2.16. The molecule has 0 saturated carbocycles. The second-order valence-electron chi connectivity index (χ2n) is 4.26. The number of rotatable bonds is 3. The maximum absolute atomic E-state index is 14.0.